The van der Waals surface area contributed by atoms with Crippen LogP contribution in [0.1, 0.15) is 47.0 Å². The van der Waals surface area contributed by atoms with Gasteiger partial charge in [-0.25, -0.2) is 0 Å². The molecular weight excluding hydrogens is 426 g/mol. The van der Waals surface area contributed by atoms with Crippen LogP contribution < -0.4 is 10.4 Å². The van der Waals surface area contributed by atoms with Crippen molar-refractivity contribution in [3.05, 3.63) is 72.8 Å². The van der Waals surface area contributed by atoms with E-state index in [4.69, 9.17) is 9.16 Å². The van der Waals surface area contributed by atoms with Crippen molar-refractivity contribution in [3.8, 4) is 6.07 Å². The van der Waals surface area contributed by atoms with Crippen molar-refractivity contribution in [2.45, 2.75) is 70.3 Å². The molecule has 0 amide bonds. The lowest BCUT2D eigenvalue weighted by Crippen LogP contribution is -2.68. The molecule has 0 spiro atoms. The molecule has 1 aliphatic rings. The Kier molecular flexibility index (Phi) is 8.67. The van der Waals surface area contributed by atoms with E-state index in [1.165, 1.54) is 10.4 Å². The smallest absolute Gasteiger partial charge is 0.261 e. The fourth-order valence-electron chi connectivity index (χ4n) is 4.86. The van der Waals surface area contributed by atoms with Gasteiger partial charge in [0.05, 0.1) is 31.0 Å². The van der Waals surface area contributed by atoms with Crippen LogP contribution in [-0.4, -0.2) is 38.3 Å². The zero-order valence-electron chi connectivity index (χ0n) is 20.3. The van der Waals surface area contributed by atoms with Gasteiger partial charge in [0.25, 0.3) is 8.32 Å². The number of ether oxygens (including phenoxy) is 1. The third kappa shape index (κ3) is 5.64. The molecule has 1 heterocycles. The summed E-state index contributed by atoms with van der Waals surface area (Å²) in [5.41, 5.74) is 0. The van der Waals surface area contributed by atoms with Crippen molar-refractivity contribution in [1.82, 2.24) is 0 Å². The first-order valence-electron chi connectivity index (χ1n) is 12.0. The van der Waals surface area contributed by atoms with E-state index in [1.807, 2.05) is 31.2 Å². The number of hydrogen-bond donors (Lipinski definition) is 1. The first-order valence-corrected chi connectivity index (χ1v) is 13.9. The SMILES string of the molecule is CC[C@H](O)/C=C/[C@H]1OC[C@H](O[Si](c2ccccc2)(c2ccccc2)C(C)(C)C)[C@@H]1CCC#N. The second-order valence-electron chi connectivity index (χ2n) is 9.84. The minimum absolute atomic E-state index is 0.0617. The molecule has 1 fully saturated rings. The molecule has 0 unspecified atom stereocenters. The summed E-state index contributed by atoms with van der Waals surface area (Å²) in [4.78, 5) is 0. The minimum atomic E-state index is -2.71. The summed E-state index contributed by atoms with van der Waals surface area (Å²) in [6.45, 7) is 9.25. The highest BCUT2D eigenvalue weighted by molar-refractivity contribution is 6.99. The van der Waals surface area contributed by atoms with E-state index < -0.39 is 14.4 Å². The van der Waals surface area contributed by atoms with Gasteiger partial charge in [0.1, 0.15) is 0 Å². The van der Waals surface area contributed by atoms with Crippen molar-refractivity contribution in [2.24, 2.45) is 5.92 Å². The number of nitriles is 1. The second-order valence-corrected chi connectivity index (χ2v) is 14.1. The highest BCUT2D eigenvalue weighted by atomic mass is 28.4. The van der Waals surface area contributed by atoms with Crippen LogP contribution in [0.3, 0.4) is 0 Å². The van der Waals surface area contributed by atoms with E-state index in [0.29, 0.717) is 25.9 Å². The Morgan fingerprint density at radius 2 is 1.70 bits per heavy atom. The molecule has 4 atom stereocenters. The van der Waals surface area contributed by atoms with Crippen LogP contribution in [0.15, 0.2) is 72.8 Å². The molecule has 1 aliphatic heterocycles. The summed E-state index contributed by atoms with van der Waals surface area (Å²) in [6.07, 6.45) is 4.82. The molecule has 176 valence electrons. The van der Waals surface area contributed by atoms with E-state index in [0.717, 1.165) is 0 Å². The van der Waals surface area contributed by atoms with Gasteiger partial charge in [-0.05, 0) is 28.3 Å². The lowest BCUT2D eigenvalue weighted by Gasteiger charge is -2.45. The summed E-state index contributed by atoms with van der Waals surface area (Å²) in [5, 5.41) is 21.7. The van der Waals surface area contributed by atoms with Crippen LogP contribution in [0.4, 0.5) is 0 Å². The van der Waals surface area contributed by atoms with Crippen LogP contribution in [0.2, 0.25) is 5.04 Å². The van der Waals surface area contributed by atoms with Crippen molar-refractivity contribution in [3.63, 3.8) is 0 Å². The maximum atomic E-state index is 10.0. The van der Waals surface area contributed by atoms with Gasteiger partial charge < -0.3 is 14.3 Å². The third-order valence-corrected chi connectivity index (χ3v) is 11.7. The van der Waals surface area contributed by atoms with Gasteiger partial charge in [-0.15, -0.1) is 0 Å². The fourth-order valence-corrected chi connectivity index (χ4v) is 9.57. The summed E-state index contributed by atoms with van der Waals surface area (Å²) in [7, 11) is -2.71. The normalized spacial score (nSPS) is 22.4. The van der Waals surface area contributed by atoms with Gasteiger partial charge >= 0.3 is 0 Å². The highest BCUT2D eigenvalue weighted by Gasteiger charge is 2.53. The second kappa shape index (κ2) is 11.3. The molecule has 0 radical (unpaired) electrons. The lowest BCUT2D eigenvalue weighted by molar-refractivity contribution is 0.112. The molecule has 1 N–H and O–H groups in total. The number of aliphatic hydroxyl groups is 1. The van der Waals surface area contributed by atoms with Gasteiger partial charge in [-0.2, -0.15) is 5.26 Å². The average Bonchev–Trinajstić information content (AvgIpc) is 3.20. The quantitative estimate of drug-likeness (QED) is 0.437. The van der Waals surface area contributed by atoms with Gasteiger partial charge in [-0.3, -0.25) is 0 Å². The summed E-state index contributed by atoms with van der Waals surface area (Å²) < 4.78 is 13.5. The number of aliphatic hydroxyl groups excluding tert-OH is 1. The van der Waals surface area contributed by atoms with E-state index in [9.17, 15) is 10.4 Å². The summed E-state index contributed by atoms with van der Waals surface area (Å²) >= 11 is 0. The van der Waals surface area contributed by atoms with E-state index in [-0.39, 0.29) is 23.2 Å². The van der Waals surface area contributed by atoms with Gasteiger partial charge in [0.15, 0.2) is 0 Å². The monoisotopic (exact) mass is 463 g/mol. The molecule has 2 aromatic rings. The third-order valence-electron chi connectivity index (χ3n) is 6.63. The van der Waals surface area contributed by atoms with Crippen LogP contribution in [-0.2, 0) is 9.16 Å². The van der Waals surface area contributed by atoms with Gasteiger partial charge in [0, 0.05) is 12.3 Å². The fraction of sp³-hybridized carbons (Fsp3) is 0.464. The van der Waals surface area contributed by atoms with Crippen LogP contribution in [0.5, 0.6) is 0 Å². The Labute approximate surface area is 200 Å². The Hall–Kier alpha value is -2.23. The predicted octanol–water partition coefficient (Wildman–Crippen LogP) is 4.58. The number of hydrogen-bond acceptors (Lipinski definition) is 4. The number of nitrogens with zero attached hydrogens (tertiary/aromatic N) is 1. The summed E-state index contributed by atoms with van der Waals surface area (Å²) in [6, 6.07) is 23.5. The molecule has 2 aromatic carbocycles. The topological polar surface area (TPSA) is 62.5 Å². The first-order chi connectivity index (χ1) is 15.8. The zero-order chi connectivity index (χ0) is 23.9. The van der Waals surface area contributed by atoms with Crippen LogP contribution in [0, 0.1) is 17.2 Å². The minimum Gasteiger partial charge on any atom is -0.402 e. The van der Waals surface area contributed by atoms with Crippen molar-refractivity contribution >= 4 is 18.7 Å². The number of rotatable bonds is 9. The Morgan fingerprint density at radius 3 is 2.18 bits per heavy atom. The standard InChI is InChI=1S/C28H37NO3Si/c1-5-22(30)18-19-26-25(17-12-20-29)27(21-31-26)32-33(28(2,3)4,23-13-8-6-9-14-23)24-15-10-7-11-16-24/h6-11,13-16,18-19,22,25-27,30H,5,12,17,21H2,1-4H3/b19-18+/t22-,25+,26+,27-/m0/s1. The van der Waals surface area contributed by atoms with E-state index >= 15 is 0 Å². The predicted molar refractivity (Wildman–Crippen MR) is 136 cm³/mol. The van der Waals surface area contributed by atoms with E-state index in [2.05, 4.69) is 75.4 Å². The van der Waals surface area contributed by atoms with Gasteiger partial charge in [-0.1, -0.05) is 101 Å². The molecule has 33 heavy (non-hydrogen) atoms. The lowest BCUT2D eigenvalue weighted by atomic mass is 9.93. The first kappa shape index (κ1) is 25.4. The van der Waals surface area contributed by atoms with Crippen LogP contribution >= 0.6 is 0 Å². The molecule has 5 heteroatoms. The molecule has 4 nitrogen and oxygen atoms in total. The molecule has 1 saturated heterocycles. The van der Waals surface area contributed by atoms with Crippen LogP contribution in [0.25, 0.3) is 0 Å². The Bertz CT molecular complexity index is 894. The molecule has 3 rings (SSSR count). The summed E-state index contributed by atoms with van der Waals surface area (Å²) in [5.74, 6) is 0.0617. The van der Waals surface area contributed by atoms with Crippen molar-refractivity contribution in [1.29, 1.82) is 5.26 Å². The number of benzene rings is 2. The zero-order valence-corrected chi connectivity index (χ0v) is 21.3. The highest BCUT2D eigenvalue weighted by Crippen LogP contribution is 2.40. The maximum absolute atomic E-state index is 10.0. The Morgan fingerprint density at radius 1 is 1.12 bits per heavy atom. The molecular formula is C28H37NO3Si. The van der Waals surface area contributed by atoms with E-state index in [1.54, 1.807) is 0 Å². The molecule has 0 saturated carbocycles. The van der Waals surface area contributed by atoms with Gasteiger partial charge in [0.2, 0.25) is 0 Å². The maximum Gasteiger partial charge on any atom is 0.261 e. The molecule has 0 aliphatic carbocycles. The molecule has 0 aromatic heterocycles. The molecule has 0 bridgehead atoms. The largest absolute Gasteiger partial charge is 0.402 e. The Balaban J connectivity index is 2.05. The van der Waals surface area contributed by atoms with Crippen molar-refractivity contribution in [2.75, 3.05) is 6.61 Å². The average molecular weight is 464 g/mol. The van der Waals surface area contributed by atoms with Crippen molar-refractivity contribution < 1.29 is 14.3 Å².